The zero-order chi connectivity index (χ0) is 17.9. The standard InChI is InChI=1S/C19H24O6/c1-2-9-24-19(21)17-13-16(15-6-4-3-5-7-15)14-18(25-17)23-12-11-22-10-8-20/h2-7,13,16,18,20H,1,8-12,14H2. The van der Waals surface area contributed by atoms with Crippen molar-refractivity contribution in [3.8, 4) is 0 Å². The summed E-state index contributed by atoms with van der Waals surface area (Å²) in [5.74, 6) is -0.404. The second-order valence-corrected chi connectivity index (χ2v) is 5.43. The Kier molecular flexibility index (Phi) is 8.18. The molecule has 0 aliphatic carbocycles. The lowest BCUT2D eigenvalue weighted by Crippen LogP contribution is -2.29. The molecule has 1 N–H and O–H groups in total. The highest BCUT2D eigenvalue weighted by molar-refractivity contribution is 5.86. The molecule has 0 bridgehead atoms. The van der Waals surface area contributed by atoms with Crippen LogP contribution in [-0.4, -0.2) is 50.4 Å². The normalized spacial score (nSPS) is 19.6. The molecule has 0 fully saturated rings. The Labute approximate surface area is 147 Å². The summed E-state index contributed by atoms with van der Waals surface area (Å²) in [6.45, 7) is 4.53. The van der Waals surface area contributed by atoms with Crippen molar-refractivity contribution < 1.29 is 28.8 Å². The fourth-order valence-electron chi connectivity index (χ4n) is 2.45. The van der Waals surface area contributed by atoms with E-state index in [-0.39, 0.29) is 31.5 Å². The molecule has 0 spiro atoms. The van der Waals surface area contributed by atoms with Crippen molar-refractivity contribution in [2.45, 2.75) is 18.6 Å². The van der Waals surface area contributed by atoms with E-state index in [0.717, 1.165) is 5.56 Å². The van der Waals surface area contributed by atoms with Gasteiger partial charge in [0.2, 0.25) is 12.0 Å². The maximum atomic E-state index is 12.1. The van der Waals surface area contributed by atoms with E-state index in [1.54, 1.807) is 6.08 Å². The first-order valence-electron chi connectivity index (χ1n) is 8.26. The lowest BCUT2D eigenvalue weighted by molar-refractivity contribution is -0.163. The number of allylic oxidation sites excluding steroid dienone is 1. The minimum atomic E-state index is -0.570. The Morgan fingerprint density at radius 1 is 1.28 bits per heavy atom. The summed E-state index contributed by atoms with van der Waals surface area (Å²) in [6, 6.07) is 9.85. The third-order valence-corrected chi connectivity index (χ3v) is 3.59. The van der Waals surface area contributed by atoms with Crippen molar-refractivity contribution in [2.24, 2.45) is 0 Å². The molecule has 1 aromatic rings. The first-order valence-corrected chi connectivity index (χ1v) is 8.26. The fourth-order valence-corrected chi connectivity index (χ4v) is 2.45. The summed E-state index contributed by atoms with van der Waals surface area (Å²) in [6.07, 6.45) is 3.28. The van der Waals surface area contributed by atoms with Gasteiger partial charge in [-0.15, -0.1) is 0 Å². The molecule has 1 aliphatic rings. The van der Waals surface area contributed by atoms with Gasteiger partial charge in [-0.1, -0.05) is 43.0 Å². The van der Waals surface area contributed by atoms with Crippen LogP contribution in [0.3, 0.4) is 0 Å². The van der Waals surface area contributed by atoms with Gasteiger partial charge < -0.3 is 24.1 Å². The average Bonchev–Trinajstić information content (AvgIpc) is 2.66. The topological polar surface area (TPSA) is 74.2 Å². The number of benzene rings is 1. The minimum absolute atomic E-state index is 0.00964. The summed E-state index contributed by atoms with van der Waals surface area (Å²) < 4.78 is 21.5. The third-order valence-electron chi connectivity index (χ3n) is 3.59. The maximum Gasteiger partial charge on any atom is 0.373 e. The highest BCUT2D eigenvalue weighted by atomic mass is 16.7. The number of aliphatic hydroxyl groups is 1. The number of hydrogen-bond acceptors (Lipinski definition) is 6. The number of esters is 1. The number of ether oxygens (including phenoxy) is 4. The molecular weight excluding hydrogens is 324 g/mol. The van der Waals surface area contributed by atoms with Gasteiger partial charge in [-0.05, 0) is 11.6 Å². The molecule has 25 heavy (non-hydrogen) atoms. The Morgan fingerprint density at radius 2 is 2.08 bits per heavy atom. The second kappa shape index (κ2) is 10.7. The van der Waals surface area contributed by atoms with Crippen molar-refractivity contribution in [2.75, 3.05) is 33.0 Å². The number of aliphatic hydroxyl groups excluding tert-OH is 1. The van der Waals surface area contributed by atoms with E-state index < -0.39 is 12.3 Å². The van der Waals surface area contributed by atoms with Crippen LogP contribution in [0.15, 0.2) is 54.8 Å². The van der Waals surface area contributed by atoms with Gasteiger partial charge in [-0.3, -0.25) is 0 Å². The van der Waals surface area contributed by atoms with Gasteiger partial charge in [0.15, 0.2) is 0 Å². The lowest BCUT2D eigenvalue weighted by atomic mass is 9.93. The van der Waals surface area contributed by atoms with Crippen LogP contribution in [0.2, 0.25) is 0 Å². The predicted octanol–water partition coefficient (Wildman–Crippen LogP) is 2.16. The van der Waals surface area contributed by atoms with Crippen LogP contribution in [0.4, 0.5) is 0 Å². The van der Waals surface area contributed by atoms with E-state index in [4.69, 9.17) is 24.1 Å². The van der Waals surface area contributed by atoms with E-state index in [1.165, 1.54) is 6.08 Å². The first kappa shape index (κ1) is 19.2. The molecule has 6 heteroatoms. The maximum absolute atomic E-state index is 12.1. The molecule has 2 unspecified atom stereocenters. The largest absolute Gasteiger partial charge is 0.458 e. The third kappa shape index (κ3) is 6.34. The molecule has 0 saturated heterocycles. The molecule has 2 atom stereocenters. The van der Waals surface area contributed by atoms with Crippen LogP contribution in [0.25, 0.3) is 0 Å². The summed E-state index contributed by atoms with van der Waals surface area (Å²) in [5, 5.41) is 8.69. The van der Waals surface area contributed by atoms with Crippen molar-refractivity contribution in [3.05, 3.63) is 60.4 Å². The number of carbonyl (C=O) groups excluding carboxylic acids is 1. The van der Waals surface area contributed by atoms with Crippen LogP contribution < -0.4 is 0 Å². The molecule has 0 radical (unpaired) electrons. The van der Waals surface area contributed by atoms with Gasteiger partial charge in [0.1, 0.15) is 6.61 Å². The van der Waals surface area contributed by atoms with Crippen LogP contribution in [-0.2, 0) is 23.7 Å². The smallest absolute Gasteiger partial charge is 0.373 e. The van der Waals surface area contributed by atoms with E-state index >= 15 is 0 Å². The molecule has 2 rings (SSSR count). The monoisotopic (exact) mass is 348 g/mol. The molecule has 1 aliphatic heterocycles. The quantitative estimate of drug-likeness (QED) is 0.397. The van der Waals surface area contributed by atoms with E-state index in [0.29, 0.717) is 19.6 Å². The lowest BCUT2D eigenvalue weighted by Gasteiger charge is -2.29. The molecule has 1 heterocycles. The fraction of sp³-hybridized carbons (Fsp3) is 0.421. The first-order chi connectivity index (χ1) is 12.2. The van der Waals surface area contributed by atoms with Gasteiger partial charge in [0.25, 0.3) is 0 Å². The summed E-state index contributed by atoms with van der Waals surface area (Å²) in [4.78, 5) is 12.1. The predicted molar refractivity (Wildman–Crippen MR) is 91.8 cm³/mol. The van der Waals surface area contributed by atoms with E-state index in [9.17, 15) is 4.79 Å². The van der Waals surface area contributed by atoms with Crippen molar-refractivity contribution in [3.63, 3.8) is 0 Å². The van der Waals surface area contributed by atoms with Crippen molar-refractivity contribution in [1.82, 2.24) is 0 Å². The van der Waals surface area contributed by atoms with Crippen LogP contribution in [0.1, 0.15) is 17.9 Å². The van der Waals surface area contributed by atoms with E-state index in [2.05, 4.69) is 6.58 Å². The van der Waals surface area contributed by atoms with Crippen LogP contribution in [0.5, 0.6) is 0 Å². The summed E-state index contributed by atoms with van der Waals surface area (Å²) >= 11 is 0. The molecule has 136 valence electrons. The minimum Gasteiger partial charge on any atom is -0.458 e. The zero-order valence-corrected chi connectivity index (χ0v) is 14.1. The molecule has 0 amide bonds. The van der Waals surface area contributed by atoms with Crippen LogP contribution >= 0.6 is 0 Å². The van der Waals surface area contributed by atoms with E-state index in [1.807, 2.05) is 30.3 Å². The average molecular weight is 348 g/mol. The Bertz CT molecular complexity index is 569. The second-order valence-electron chi connectivity index (χ2n) is 5.43. The van der Waals surface area contributed by atoms with Gasteiger partial charge >= 0.3 is 5.97 Å². The summed E-state index contributed by atoms with van der Waals surface area (Å²) in [7, 11) is 0. The van der Waals surface area contributed by atoms with Gasteiger partial charge in [0.05, 0.1) is 26.4 Å². The Morgan fingerprint density at radius 3 is 2.80 bits per heavy atom. The molecule has 0 saturated carbocycles. The molecule has 1 aromatic carbocycles. The Hall–Kier alpha value is -2.15. The zero-order valence-electron chi connectivity index (χ0n) is 14.1. The van der Waals surface area contributed by atoms with Gasteiger partial charge in [0, 0.05) is 12.3 Å². The van der Waals surface area contributed by atoms with Gasteiger partial charge in [-0.2, -0.15) is 0 Å². The summed E-state index contributed by atoms with van der Waals surface area (Å²) in [5.41, 5.74) is 1.07. The molecule has 0 aromatic heterocycles. The number of rotatable bonds is 10. The highest BCUT2D eigenvalue weighted by Crippen LogP contribution is 2.31. The van der Waals surface area contributed by atoms with Crippen LogP contribution in [0, 0.1) is 0 Å². The van der Waals surface area contributed by atoms with Gasteiger partial charge in [-0.25, -0.2) is 4.79 Å². The number of hydrogen-bond donors (Lipinski definition) is 1. The van der Waals surface area contributed by atoms with Crippen molar-refractivity contribution in [1.29, 1.82) is 0 Å². The SMILES string of the molecule is C=CCOC(=O)C1=CC(c2ccccc2)CC(OCCOCCO)O1. The number of carbonyl (C=O) groups is 1. The highest BCUT2D eigenvalue weighted by Gasteiger charge is 2.29. The van der Waals surface area contributed by atoms with Crippen molar-refractivity contribution >= 4 is 5.97 Å². The molecular formula is C19H24O6. The Balaban J connectivity index is 2.02. The molecule has 6 nitrogen and oxygen atoms in total.